The second kappa shape index (κ2) is 9.14. The minimum absolute atomic E-state index is 0.0222. The predicted molar refractivity (Wildman–Crippen MR) is 133 cm³/mol. The highest BCUT2D eigenvalue weighted by Gasteiger charge is 2.23. The molecule has 0 spiro atoms. The van der Waals surface area contributed by atoms with E-state index >= 15 is 0 Å². The van der Waals surface area contributed by atoms with E-state index in [-0.39, 0.29) is 5.78 Å². The number of ketones is 1. The molecule has 34 heavy (non-hydrogen) atoms. The fourth-order valence-electron chi connectivity index (χ4n) is 4.54. The second-order valence-electron chi connectivity index (χ2n) is 8.51. The molecular weight excluding hydrogens is 428 g/mol. The van der Waals surface area contributed by atoms with Crippen LogP contribution in [-0.2, 0) is 16.2 Å². The highest BCUT2D eigenvalue weighted by atomic mass is 16.7. The molecule has 0 fully saturated rings. The molecule has 3 aromatic carbocycles. The Balaban J connectivity index is 1.51. The van der Waals surface area contributed by atoms with Crippen LogP contribution >= 0.6 is 0 Å². The van der Waals surface area contributed by atoms with Crippen molar-refractivity contribution in [1.29, 1.82) is 0 Å². The highest BCUT2D eigenvalue weighted by molar-refractivity contribution is 6.20. The molecule has 6 heteroatoms. The molecule has 0 saturated heterocycles. The van der Waals surface area contributed by atoms with Crippen molar-refractivity contribution in [2.24, 2.45) is 5.16 Å². The third-order valence-corrected chi connectivity index (χ3v) is 6.20. The van der Waals surface area contributed by atoms with Gasteiger partial charge in [-0.15, -0.1) is 0 Å². The van der Waals surface area contributed by atoms with Crippen LogP contribution < -0.4 is 4.74 Å². The normalized spacial score (nSPS) is 14.0. The molecule has 0 N–H and O–H groups in total. The smallest absolute Gasteiger partial charge is 0.331 e. The first-order valence-electron chi connectivity index (χ1n) is 11.6. The first-order chi connectivity index (χ1) is 16.6. The van der Waals surface area contributed by atoms with Crippen LogP contribution in [0.4, 0.5) is 0 Å². The van der Waals surface area contributed by atoms with Gasteiger partial charge in [0.1, 0.15) is 5.75 Å². The average molecular weight is 455 g/mol. The SMILES string of the molecule is CCCCOc1ccc(C(=O)c2ccc3c(c2)c2cccc4c2n3CC/C4=N\OC(C)=O)cc1. The summed E-state index contributed by atoms with van der Waals surface area (Å²) in [4.78, 5) is 29.4. The van der Waals surface area contributed by atoms with Gasteiger partial charge >= 0.3 is 5.97 Å². The maximum absolute atomic E-state index is 13.2. The van der Waals surface area contributed by atoms with Crippen LogP contribution in [0.2, 0.25) is 0 Å². The van der Waals surface area contributed by atoms with Gasteiger partial charge in [0.2, 0.25) is 0 Å². The molecule has 1 aromatic heterocycles. The van der Waals surface area contributed by atoms with Crippen LogP contribution in [0.25, 0.3) is 21.8 Å². The first kappa shape index (κ1) is 21.9. The number of aromatic nitrogens is 1. The zero-order valence-corrected chi connectivity index (χ0v) is 19.3. The lowest BCUT2D eigenvalue weighted by Gasteiger charge is -2.17. The topological polar surface area (TPSA) is 69.9 Å². The Kier molecular flexibility index (Phi) is 5.88. The molecule has 172 valence electrons. The first-order valence-corrected chi connectivity index (χ1v) is 11.6. The number of rotatable bonds is 7. The van der Waals surface area contributed by atoms with E-state index < -0.39 is 5.97 Å². The molecule has 0 amide bonds. The molecule has 0 bridgehead atoms. The number of benzene rings is 3. The van der Waals surface area contributed by atoms with Gasteiger partial charge in [-0.2, -0.15) is 0 Å². The standard InChI is InChI=1S/C28H26N2O4/c1-3-4-16-33-21-11-8-19(9-12-21)28(32)20-10-13-26-24(17-20)22-6-5-7-23-25(29-34-18(2)31)14-15-30(26)27(22)23/h5-13,17H,3-4,14-16H2,1-2H3/b29-25+. The molecule has 2 heterocycles. The summed E-state index contributed by atoms with van der Waals surface area (Å²) in [5.41, 5.74) is 5.11. The monoisotopic (exact) mass is 454 g/mol. The molecule has 0 unspecified atom stereocenters. The molecule has 4 aromatic rings. The lowest BCUT2D eigenvalue weighted by Crippen LogP contribution is -2.15. The molecule has 0 atom stereocenters. The van der Waals surface area contributed by atoms with E-state index in [9.17, 15) is 9.59 Å². The molecule has 6 nitrogen and oxygen atoms in total. The Morgan fingerprint density at radius 2 is 1.79 bits per heavy atom. The maximum atomic E-state index is 13.2. The lowest BCUT2D eigenvalue weighted by atomic mass is 9.99. The van der Waals surface area contributed by atoms with Crippen molar-refractivity contribution in [2.75, 3.05) is 6.61 Å². The summed E-state index contributed by atoms with van der Waals surface area (Å²) in [6, 6.07) is 19.3. The van der Waals surface area contributed by atoms with Crippen LogP contribution in [-0.4, -0.2) is 28.6 Å². The number of ether oxygens (including phenoxy) is 1. The minimum Gasteiger partial charge on any atom is -0.494 e. The van der Waals surface area contributed by atoms with E-state index in [0.717, 1.165) is 58.2 Å². The van der Waals surface area contributed by atoms with Crippen molar-refractivity contribution in [3.63, 3.8) is 0 Å². The summed E-state index contributed by atoms with van der Waals surface area (Å²) < 4.78 is 7.97. The number of hydrogen-bond acceptors (Lipinski definition) is 5. The lowest BCUT2D eigenvalue weighted by molar-refractivity contribution is -0.140. The Labute approximate surface area is 197 Å². The van der Waals surface area contributed by atoms with Gasteiger partial charge in [-0.05, 0) is 48.9 Å². The number of aryl methyl sites for hydroxylation is 1. The Morgan fingerprint density at radius 1 is 1.00 bits per heavy atom. The quantitative estimate of drug-likeness (QED) is 0.151. The summed E-state index contributed by atoms with van der Waals surface area (Å²) >= 11 is 0. The van der Waals surface area contributed by atoms with Crippen molar-refractivity contribution in [3.8, 4) is 5.75 Å². The fourth-order valence-corrected chi connectivity index (χ4v) is 4.54. The molecule has 0 radical (unpaired) electrons. The van der Waals surface area contributed by atoms with Crippen molar-refractivity contribution >= 4 is 39.3 Å². The third-order valence-electron chi connectivity index (χ3n) is 6.20. The van der Waals surface area contributed by atoms with Gasteiger partial charge in [-0.1, -0.05) is 36.7 Å². The van der Waals surface area contributed by atoms with Crippen molar-refractivity contribution in [3.05, 3.63) is 77.4 Å². The van der Waals surface area contributed by atoms with E-state index in [4.69, 9.17) is 9.57 Å². The highest BCUT2D eigenvalue weighted by Crippen LogP contribution is 2.35. The number of unbranched alkanes of at least 4 members (excludes halogenated alkanes) is 1. The van der Waals surface area contributed by atoms with Crippen LogP contribution in [0.1, 0.15) is 54.6 Å². The average Bonchev–Trinajstić information content (AvgIpc) is 3.18. The van der Waals surface area contributed by atoms with Crippen molar-refractivity contribution in [1.82, 2.24) is 4.57 Å². The zero-order chi connectivity index (χ0) is 23.7. The predicted octanol–water partition coefficient (Wildman–Crippen LogP) is 5.88. The molecule has 0 saturated carbocycles. The number of oxime groups is 1. The summed E-state index contributed by atoms with van der Waals surface area (Å²) in [5, 5.41) is 6.16. The van der Waals surface area contributed by atoms with E-state index in [1.54, 1.807) is 0 Å². The summed E-state index contributed by atoms with van der Waals surface area (Å²) in [7, 11) is 0. The van der Waals surface area contributed by atoms with Crippen LogP contribution in [0, 0.1) is 0 Å². The van der Waals surface area contributed by atoms with Gasteiger partial charge in [-0.3, -0.25) is 4.79 Å². The number of fused-ring (bicyclic) bond motifs is 3. The number of para-hydroxylation sites is 1. The zero-order valence-electron chi connectivity index (χ0n) is 19.3. The van der Waals surface area contributed by atoms with E-state index in [1.165, 1.54) is 6.92 Å². The van der Waals surface area contributed by atoms with Gasteiger partial charge in [-0.25, -0.2) is 4.79 Å². The second-order valence-corrected chi connectivity index (χ2v) is 8.51. The van der Waals surface area contributed by atoms with E-state index in [2.05, 4.69) is 22.7 Å². The molecule has 1 aliphatic rings. The Morgan fingerprint density at radius 3 is 2.56 bits per heavy atom. The summed E-state index contributed by atoms with van der Waals surface area (Å²) in [6.07, 6.45) is 2.75. The number of nitrogens with zero attached hydrogens (tertiary/aromatic N) is 2. The maximum Gasteiger partial charge on any atom is 0.331 e. The van der Waals surface area contributed by atoms with Gasteiger partial charge in [0.15, 0.2) is 5.78 Å². The van der Waals surface area contributed by atoms with Crippen LogP contribution in [0.15, 0.2) is 65.8 Å². The Hall–Kier alpha value is -3.93. The molecule has 0 aliphatic carbocycles. The largest absolute Gasteiger partial charge is 0.494 e. The number of carbonyl (C=O) groups is 2. The van der Waals surface area contributed by atoms with Crippen LogP contribution in [0.3, 0.4) is 0 Å². The van der Waals surface area contributed by atoms with Crippen molar-refractivity contribution < 1.29 is 19.2 Å². The van der Waals surface area contributed by atoms with E-state index in [1.807, 2.05) is 54.6 Å². The third kappa shape index (κ3) is 3.96. The van der Waals surface area contributed by atoms with Crippen LogP contribution in [0.5, 0.6) is 5.75 Å². The number of hydrogen-bond donors (Lipinski definition) is 0. The molecular formula is C28H26N2O4. The van der Waals surface area contributed by atoms with E-state index in [0.29, 0.717) is 24.2 Å². The van der Waals surface area contributed by atoms with Gasteiger partial charge in [0.05, 0.1) is 17.8 Å². The number of carbonyl (C=O) groups excluding carboxylic acids is 2. The van der Waals surface area contributed by atoms with Gasteiger partial charge in [0, 0.05) is 52.9 Å². The Bertz CT molecular complexity index is 1430. The molecule has 1 aliphatic heterocycles. The molecule has 5 rings (SSSR count). The summed E-state index contributed by atoms with van der Waals surface area (Å²) in [5.74, 6) is 0.321. The van der Waals surface area contributed by atoms with Gasteiger partial charge < -0.3 is 14.1 Å². The van der Waals surface area contributed by atoms with Gasteiger partial charge in [0.25, 0.3) is 0 Å². The minimum atomic E-state index is -0.436. The summed E-state index contributed by atoms with van der Waals surface area (Å²) in [6.45, 7) is 4.87. The fraction of sp³-hybridized carbons (Fsp3) is 0.250. The van der Waals surface area contributed by atoms with Crippen molar-refractivity contribution in [2.45, 2.75) is 39.7 Å².